The van der Waals surface area contributed by atoms with Gasteiger partial charge < -0.3 is 10.2 Å². The Hall–Kier alpha value is -2.64. The minimum atomic E-state index is -1.09. The largest absolute Gasteiger partial charge is 0.351 e. The van der Waals surface area contributed by atoms with Gasteiger partial charge >= 0.3 is 0 Å². The van der Waals surface area contributed by atoms with Crippen molar-refractivity contribution < 1.29 is 9.59 Å². The van der Waals surface area contributed by atoms with E-state index in [9.17, 15) is 9.59 Å². The van der Waals surface area contributed by atoms with Crippen molar-refractivity contribution in [1.82, 2.24) is 20.0 Å². The Balaban J connectivity index is 1.50. The van der Waals surface area contributed by atoms with Gasteiger partial charge in [-0.15, -0.1) is 11.3 Å². The van der Waals surface area contributed by atoms with Crippen molar-refractivity contribution in [3.8, 4) is 10.6 Å². The Morgan fingerprint density at radius 3 is 2.65 bits per heavy atom. The first-order chi connectivity index (χ1) is 16.5. The number of nitrogens with one attached hydrogen (secondary N) is 1. The summed E-state index contributed by atoms with van der Waals surface area (Å²) in [6.45, 7) is 2.40. The van der Waals surface area contributed by atoms with Crippen molar-refractivity contribution in [1.29, 1.82) is 0 Å². The second-order valence-corrected chi connectivity index (χ2v) is 10.8. The monoisotopic (exact) mass is 496 g/mol. The number of halogens is 1. The van der Waals surface area contributed by atoms with Gasteiger partial charge in [-0.25, -0.2) is 0 Å². The first-order valence-electron chi connectivity index (χ1n) is 11.9. The van der Waals surface area contributed by atoms with Crippen molar-refractivity contribution in [2.75, 3.05) is 0 Å². The number of hydrogen-bond donors (Lipinski definition) is 1. The van der Waals surface area contributed by atoms with E-state index >= 15 is 0 Å². The van der Waals surface area contributed by atoms with Gasteiger partial charge in [0.25, 0.3) is 5.91 Å². The van der Waals surface area contributed by atoms with Crippen LogP contribution in [0.25, 0.3) is 10.6 Å². The summed E-state index contributed by atoms with van der Waals surface area (Å²) in [4.78, 5) is 30.3. The number of carbonyl (C=O) groups excluding carboxylic acids is 2. The zero-order chi connectivity index (χ0) is 23.7. The molecule has 0 spiro atoms. The minimum absolute atomic E-state index is 0.126. The lowest BCUT2D eigenvalue weighted by molar-refractivity contribution is -0.134. The van der Waals surface area contributed by atoms with Gasteiger partial charge in [-0.3, -0.25) is 14.3 Å². The van der Waals surface area contributed by atoms with Crippen LogP contribution in [0, 0.1) is 0 Å². The zero-order valence-electron chi connectivity index (χ0n) is 19.3. The summed E-state index contributed by atoms with van der Waals surface area (Å²) in [5.74, 6) is -0.335. The van der Waals surface area contributed by atoms with E-state index < -0.39 is 5.54 Å². The second kappa shape index (κ2) is 9.55. The van der Waals surface area contributed by atoms with Gasteiger partial charge in [-0.05, 0) is 48.9 Å². The van der Waals surface area contributed by atoms with E-state index in [1.165, 1.54) is 12.8 Å². The molecular formula is C26H29ClN4O2S. The van der Waals surface area contributed by atoms with Crippen LogP contribution in [-0.2, 0) is 17.9 Å². The Morgan fingerprint density at radius 2 is 1.94 bits per heavy atom. The summed E-state index contributed by atoms with van der Waals surface area (Å²) in [5, 5.41) is 10.6. The number of amides is 2. The molecule has 1 aliphatic heterocycles. The summed E-state index contributed by atoms with van der Waals surface area (Å²) < 4.78 is 1.70. The highest BCUT2D eigenvalue weighted by Gasteiger charge is 2.48. The highest BCUT2D eigenvalue weighted by molar-refractivity contribution is 7.13. The van der Waals surface area contributed by atoms with E-state index in [0.717, 1.165) is 41.8 Å². The maximum atomic E-state index is 13.8. The third-order valence-electron chi connectivity index (χ3n) is 7.04. The van der Waals surface area contributed by atoms with E-state index in [1.807, 2.05) is 54.8 Å². The molecule has 5 rings (SSSR count). The van der Waals surface area contributed by atoms with Crippen LogP contribution in [0.2, 0.25) is 5.02 Å². The lowest BCUT2D eigenvalue weighted by Gasteiger charge is -2.44. The molecular weight excluding hydrogens is 468 g/mol. The van der Waals surface area contributed by atoms with Crippen LogP contribution >= 0.6 is 22.9 Å². The van der Waals surface area contributed by atoms with Crippen molar-refractivity contribution in [2.24, 2.45) is 0 Å². The van der Waals surface area contributed by atoms with Crippen LogP contribution in [0.4, 0.5) is 0 Å². The number of thiophene rings is 1. The van der Waals surface area contributed by atoms with Crippen LogP contribution < -0.4 is 5.32 Å². The number of benzene rings is 1. The fraction of sp³-hybridized carbons (Fsp3) is 0.423. The average molecular weight is 497 g/mol. The topological polar surface area (TPSA) is 67.2 Å². The Morgan fingerprint density at radius 1 is 1.18 bits per heavy atom. The van der Waals surface area contributed by atoms with Gasteiger partial charge in [0, 0.05) is 17.6 Å². The Labute approximate surface area is 208 Å². The molecule has 0 radical (unpaired) electrons. The lowest BCUT2D eigenvalue weighted by atomic mass is 9.93. The Kier molecular flexibility index (Phi) is 6.49. The molecule has 1 N–H and O–H groups in total. The van der Waals surface area contributed by atoms with Gasteiger partial charge in [-0.2, -0.15) is 5.10 Å². The molecule has 0 unspecified atom stereocenters. The first-order valence-corrected chi connectivity index (χ1v) is 13.2. The fourth-order valence-electron chi connectivity index (χ4n) is 5.00. The molecule has 3 aromatic rings. The number of nitrogens with zero attached hydrogens (tertiary/aromatic N) is 3. The minimum Gasteiger partial charge on any atom is -0.351 e. The van der Waals surface area contributed by atoms with Crippen LogP contribution in [0.3, 0.4) is 0 Å². The molecule has 1 aliphatic carbocycles. The molecule has 1 aromatic carbocycles. The molecule has 0 saturated heterocycles. The molecule has 178 valence electrons. The molecule has 1 saturated carbocycles. The Bertz CT molecular complexity index is 1180. The molecule has 1 fully saturated rings. The first kappa shape index (κ1) is 23.1. The maximum Gasteiger partial charge on any atom is 0.273 e. The summed E-state index contributed by atoms with van der Waals surface area (Å²) in [6.07, 6.45) is 6.63. The summed E-state index contributed by atoms with van der Waals surface area (Å²) in [7, 11) is 0. The van der Waals surface area contributed by atoms with E-state index in [1.54, 1.807) is 20.9 Å². The van der Waals surface area contributed by atoms with Crippen LogP contribution in [0.5, 0.6) is 0 Å². The third-order valence-corrected chi connectivity index (χ3v) is 8.30. The zero-order valence-corrected chi connectivity index (χ0v) is 20.9. The number of carbonyl (C=O) groups is 2. The quantitative estimate of drug-likeness (QED) is 0.473. The van der Waals surface area contributed by atoms with E-state index in [2.05, 4.69) is 5.32 Å². The lowest BCUT2D eigenvalue weighted by Crippen LogP contribution is -2.64. The van der Waals surface area contributed by atoms with Gasteiger partial charge in [0.1, 0.15) is 16.9 Å². The smallest absolute Gasteiger partial charge is 0.273 e. The molecule has 1 atom stereocenters. The predicted molar refractivity (Wildman–Crippen MR) is 135 cm³/mol. The maximum absolute atomic E-state index is 13.8. The van der Waals surface area contributed by atoms with Crippen LogP contribution in [0.15, 0.2) is 47.8 Å². The standard InChI is InChI=1S/C26H29ClN4O2S/c1-26(25(33)28-19-10-4-2-3-5-11-19)17-31-22(15-21(29-31)23-13-8-14-34-23)24(32)30(26)16-18-9-6-7-12-20(18)27/h6-9,12-15,19H,2-5,10-11,16-17H2,1H3,(H,28,33)/t26-/m1/s1. The predicted octanol–water partition coefficient (Wildman–Crippen LogP) is 5.52. The number of fused-ring (bicyclic) bond motifs is 1. The molecule has 2 amide bonds. The third kappa shape index (κ3) is 4.39. The highest BCUT2D eigenvalue weighted by atomic mass is 35.5. The molecule has 8 heteroatoms. The summed E-state index contributed by atoms with van der Waals surface area (Å²) in [5.41, 5.74) is 0.978. The second-order valence-electron chi connectivity index (χ2n) is 9.47. The van der Waals surface area contributed by atoms with Gasteiger partial charge in [0.05, 0.1) is 11.4 Å². The van der Waals surface area contributed by atoms with E-state index in [-0.39, 0.29) is 24.4 Å². The van der Waals surface area contributed by atoms with Crippen LogP contribution in [-0.4, -0.2) is 38.1 Å². The molecule has 34 heavy (non-hydrogen) atoms. The number of hydrogen-bond acceptors (Lipinski definition) is 4. The summed E-state index contributed by atoms with van der Waals surface area (Å²) >= 11 is 8.03. The van der Waals surface area contributed by atoms with Crippen molar-refractivity contribution >= 4 is 34.8 Å². The average Bonchev–Trinajstić information content (AvgIpc) is 3.43. The van der Waals surface area contributed by atoms with Crippen molar-refractivity contribution in [2.45, 2.75) is 70.1 Å². The van der Waals surface area contributed by atoms with E-state index in [4.69, 9.17) is 16.7 Å². The van der Waals surface area contributed by atoms with Crippen molar-refractivity contribution in [3.63, 3.8) is 0 Å². The van der Waals surface area contributed by atoms with Gasteiger partial charge in [-0.1, -0.05) is 61.5 Å². The molecule has 0 bridgehead atoms. The van der Waals surface area contributed by atoms with Crippen LogP contribution in [0.1, 0.15) is 61.5 Å². The normalized spacial score (nSPS) is 21.2. The SMILES string of the molecule is C[C@]1(C(=O)NC2CCCCCC2)Cn2nc(-c3cccs3)cc2C(=O)N1Cc1ccccc1Cl. The summed E-state index contributed by atoms with van der Waals surface area (Å²) in [6, 6.07) is 13.4. The molecule has 2 aliphatic rings. The molecule has 6 nitrogen and oxygen atoms in total. The molecule has 2 aromatic heterocycles. The van der Waals surface area contributed by atoms with Gasteiger partial charge in [0.15, 0.2) is 0 Å². The number of aromatic nitrogens is 2. The fourth-order valence-corrected chi connectivity index (χ4v) is 5.87. The van der Waals surface area contributed by atoms with E-state index in [0.29, 0.717) is 17.3 Å². The van der Waals surface area contributed by atoms with Crippen molar-refractivity contribution in [3.05, 3.63) is 64.1 Å². The molecule has 3 heterocycles. The van der Waals surface area contributed by atoms with Gasteiger partial charge in [0.2, 0.25) is 5.91 Å². The number of rotatable bonds is 5. The highest BCUT2D eigenvalue weighted by Crippen LogP contribution is 2.34.